The van der Waals surface area contributed by atoms with E-state index in [1.165, 1.54) is 11.1 Å². The fourth-order valence-electron chi connectivity index (χ4n) is 4.09. The topological polar surface area (TPSA) is 63.1 Å². The standard InChI is InChI=1S/C24H28ClN5O/c1-16-6-4-5-7-19(16)15-29-12-10-20(11-13-29)26-24(31)23-21(25)8-9-22(27-23)30-18(3)14-17(2)28-30/h4-9,14,20H,10-13,15H2,1-3H3,(H,26,31). The molecule has 1 aromatic carbocycles. The number of piperidine rings is 1. The van der Waals surface area contributed by atoms with Gasteiger partial charge >= 0.3 is 0 Å². The van der Waals surface area contributed by atoms with E-state index >= 15 is 0 Å². The maximum absolute atomic E-state index is 12.9. The average molecular weight is 438 g/mol. The molecule has 0 unspecified atom stereocenters. The van der Waals surface area contributed by atoms with Crippen LogP contribution in [0.4, 0.5) is 0 Å². The first-order valence-corrected chi connectivity index (χ1v) is 11.1. The Morgan fingerprint density at radius 2 is 1.87 bits per heavy atom. The van der Waals surface area contributed by atoms with Crippen molar-refractivity contribution in [2.24, 2.45) is 0 Å². The summed E-state index contributed by atoms with van der Waals surface area (Å²) in [4.78, 5) is 19.9. The number of amides is 1. The van der Waals surface area contributed by atoms with Crippen molar-refractivity contribution in [3.8, 4) is 5.82 Å². The van der Waals surface area contributed by atoms with Gasteiger partial charge in [0.25, 0.3) is 5.91 Å². The largest absolute Gasteiger partial charge is 0.348 e. The third kappa shape index (κ3) is 4.97. The van der Waals surface area contributed by atoms with Gasteiger partial charge in [-0.1, -0.05) is 35.9 Å². The van der Waals surface area contributed by atoms with E-state index in [4.69, 9.17) is 11.6 Å². The number of nitrogens with one attached hydrogen (secondary N) is 1. The molecular formula is C24H28ClN5O. The summed E-state index contributed by atoms with van der Waals surface area (Å²) in [5, 5.41) is 7.92. The minimum atomic E-state index is -0.231. The highest BCUT2D eigenvalue weighted by molar-refractivity contribution is 6.33. The molecular weight excluding hydrogens is 410 g/mol. The Kier molecular flexibility index (Phi) is 6.39. The van der Waals surface area contributed by atoms with Crippen LogP contribution in [0.1, 0.15) is 45.8 Å². The number of hydrogen-bond donors (Lipinski definition) is 1. The van der Waals surface area contributed by atoms with E-state index in [0.29, 0.717) is 10.8 Å². The number of hydrogen-bond acceptors (Lipinski definition) is 4. The smallest absolute Gasteiger partial charge is 0.271 e. The molecule has 1 aliphatic rings. The molecule has 1 fully saturated rings. The number of rotatable bonds is 5. The second-order valence-electron chi connectivity index (χ2n) is 8.29. The molecule has 1 saturated heterocycles. The number of benzene rings is 1. The number of carbonyl (C=O) groups excluding carboxylic acids is 1. The second-order valence-corrected chi connectivity index (χ2v) is 8.70. The Morgan fingerprint density at radius 3 is 2.55 bits per heavy atom. The lowest BCUT2D eigenvalue weighted by atomic mass is 10.0. The number of carbonyl (C=O) groups is 1. The summed E-state index contributed by atoms with van der Waals surface area (Å²) in [6.45, 7) is 8.89. The summed E-state index contributed by atoms with van der Waals surface area (Å²) in [5.74, 6) is 0.360. The Labute approximate surface area is 188 Å². The van der Waals surface area contributed by atoms with E-state index < -0.39 is 0 Å². The zero-order chi connectivity index (χ0) is 22.0. The zero-order valence-electron chi connectivity index (χ0n) is 18.2. The van der Waals surface area contributed by atoms with Crippen LogP contribution in [0, 0.1) is 20.8 Å². The van der Waals surface area contributed by atoms with E-state index in [1.54, 1.807) is 16.8 Å². The first kappa shape index (κ1) is 21.5. The number of aryl methyl sites for hydroxylation is 3. The molecule has 162 valence electrons. The highest BCUT2D eigenvalue weighted by Gasteiger charge is 2.23. The van der Waals surface area contributed by atoms with Crippen molar-refractivity contribution < 1.29 is 4.79 Å². The fourth-order valence-corrected chi connectivity index (χ4v) is 4.28. The normalized spacial score (nSPS) is 15.2. The molecule has 1 amide bonds. The van der Waals surface area contributed by atoms with Gasteiger partial charge in [-0.3, -0.25) is 9.69 Å². The van der Waals surface area contributed by atoms with Crippen LogP contribution in [0.5, 0.6) is 0 Å². The molecule has 0 atom stereocenters. The number of nitrogens with zero attached hydrogens (tertiary/aromatic N) is 4. The van der Waals surface area contributed by atoms with Crippen LogP contribution >= 0.6 is 11.6 Å². The van der Waals surface area contributed by atoms with Gasteiger partial charge in [-0.15, -0.1) is 0 Å². The molecule has 0 aliphatic carbocycles. The minimum Gasteiger partial charge on any atom is -0.348 e. The minimum absolute atomic E-state index is 0.121. The average Bonchev–Trinajstić information content (AvgIpc) is 3.09. The summed E-state index contributed by atoms with van der Waals surface area (Å²) < 4.78 is 1.73. The van der Waals surface area contributed by atoms with Gasteiger partial charge in [0, 0.05) is 31.4 Å². The quantitative estimate of drug-likeness (QED) is 0.648. The Bertz CT molecular complexity index is 1090. The van der Waals surface area contributed by atoms with Gasteiger partial charge in [0.05, 0.1) is 10.7 Å². The van der Waals surface area contributed by atoms with E-state index in [1.807, 2.05) is 19.9 Å². The Morgan fingerprint density at radius 1 is 1.13 bits per heavy atom. The maximum atomic E-state index is 12.9. The third-order valence-corrected chi connectivity index (χ3v) is 6.16. The molecule has 6 nitrogen and oxygen atoms in total. The molecule has 0 radical (unpaired) electrons. The molecule has 4 rings (SSSR count). The summed E-state index contributed by atoms with van der Waals surface area (Å²) in [6.07, 6.45) is 1.82. The van der Waals surface area contributed by atoms with Gasteiger partial charge in [0.15, 0.2) is 5.82 Å². The zero-order valence-corrected chi connectivity index (χ0v) is 19.0. The van der Waals surface area contributed by atoms with Crippen LogP contribution in [-0.2, 0) is 6.54 Å². The Hall–Kier alpha value is -2.70. The lowest BCUT2D eigenvalue weighted by molar-refractivity contribution is 0.0904. The van der Waals surface area contributed by atoms with Crippen molar-refractivity contribution >= 4 is 17.5 Å². The van der Waals surface area contributed by atoms with Crippen LogP contribution in [0.15, 0.2) is 42.5 Å². The second kappa shape index (κ2) is 9.20. The summed E-state index contributed by atoms with van der Waals surface area (Å²) in [5.41, 5.74) is 4.79. The van der Waals surface area contributed by atoms with Crippen LogP contribution in [0.25, 0.3) is 5.82 Å². The van der Waals surface area contributed by atoms with Crippen LogP contribution in [0.3, 0.4) is 0 Å². The molecule has 1 aliphatic heterocycles. The number of halogens is 1. The van der Waals surface area contributed by atoms with Gasteiger partial charge in [0.2, 0.25) is 0 Å². The highest BCUT2D eigenvalue weighted by atomic mass is 35.5. The summed E-state index contributed by atoms with van der Waals surface area (Å²) in [7, 11) is 0. The summed E-state index contributed by atoms with van der Waals surface area (Å²) in [6, 6.07) is 14.1. The van der Waals surface area contributed by atoms with Crippen LogP contribution in [-0.4, -0.2) is 44.7 Å². The molecule has 3 aromatic rings. The number of aromatic nitrogens is 3. The van der Waals surface area contributed by atoms with Crippen molar-refractivity contribution in [3.05, 3.63) is 75.7 Å². The van der Waals surface area contributed by atoms with Gasteiger partial charge < -0.3 is 5.32 Å². The monoisotopic (exact) mass is 437 g/mol. The van der Waals surface area contributed by atoms with Gasteiger partial charge in [-0.2, -0.15) is 5.10 Å². The molecule has 2 aromatic heterocycles. The van der Waals surface area contributed by atoms with E-state index in [-0.39, 0.29) is 17.6 Å². The SMILES string of the molecule is Cc1cc(C)n(-c2ccc(Cl)c(C(=O)NC3CCN(Cc4ccccc4C)CC3)n2)n1. The molecule has 3 heterocycles. The van der Waals surface area contributed by atoms with Crippen LogP contribution in [0.2, 0.25) is 5.02 Å². The molecule has 31 heavy (non-hydrogen) atoms. The predicted molar refractivity (Wildman–Crippen MR) is 123 cm³/mol. The number of likely N-dealkylation sites (tertiary alicyclic amines) is 1. The molecule has 0 spiro atoms. The van der Waals surface area contributed by atoms with Crippen molar-refractivity contribution in [2.75, 3.05) is 13.1 Å². The maximum Gasteiger partial charge on any atom is 0.271 e. The molecule has 7 heteroatoms. The highest BCUT2D eigenvalue weighted by Crippen LogP contribution is 2.20. The Balaban J connectivity index is 1.38. The third-order valence-electron chi connectivity index (χ3n) is 5.85. The van der Waals surface area contributed by atoms with Crippen molar-refractivity contribution in [3.63, 3.8) is 0 Å². The van der Waals surface area contributed by atoms with E-state index in [2.05, 4.69) is 51.5 Å². The fraction of sp³-hybridized carbons (Fsp3) is 0.375. The molecule has 1 N–H and O–H groups in total. The van der Waals surface area contributed by atoms with Gasteiger partial charge in [-0.05, 0) is 62.9 Å². The van der Waals surface area contributed by atoms with E-state index in [0.717, 1.165) is 43.9 Å². The van der Waals surface area contributed by atoms with Crippen molar-refractivity contribution in [1.82, 2.24) is 25.0 Å². The molecule has 0 bridgehead atoms. The predicted octanol–water partition coefficient (Wildman–Crippen LogP) is 4.24. The molecule has 0 saturated carbocycles. The lowest BCUT2D eigenvalue weighted by Gasteiger charge is -2.32. The van der Waals surface area contributed by atoms with Crippen LogP contribution < -0.4 is 5.32 Å². The number of pyridine rings is 1. The summed E-state index contributed by atoms with van der Waals surface area (Å²) >= 11 is 6.31. The van der Waals surface area contributed by atoms with Gasteiger partial charge in [-0.25, -0.2) is 9.67 Å². The van der Waals surface area contributed by atoms with Crippen molar-refractivity contribution in [1.29, 1.82) is 0 Å². The van der Waals surface area contributed by atoms with Gasteiger partial charge in [0.1, 0.15) is 5.69 Å². The van der Waals surface area contributed by atoms with E-state index in [9.17, 15) is 4.79 Å². The van der Waals surface area contributed by atoms with Crippen molar-refractivity contribution in [2.45, 2.75) is 46.2 Å². The lowest BCUT2D eigenvalue weighted by Crippen LogP contribution is -2.44. The first-order chi connectivity index (χ1) is 14.9. The first-order valence-electron chi connectivity index (χ1n) is 10.7.